The van der Waals surface area contributed by atoms with Crippen LogP contribution in [0.2, 0.25) is 0 Å². The van der Waals surface area contributed by atoms with E-state index < -0.39 is 0 Å². The van der Waals surface area contributed by atoms with E-state index in [-0.39, 0.29) is 0 Å². The van der Waals surface area contributed by atoms with Crippen LogP contribution in [-0.4, -0.2) is 26.3 Å². The van der Waals surface area contributed by atoms with Crippen LogP contribution in [0, 0.1) is 0 Å². The second-order valence-corrected chi connectivity index (χ2v) is 4.85. The van der Waals surface area contributed by atoms with Crippen molar-refractivity contribution in [1.29, 1.82) is 0 Å². The fourth-order valence-electron chi connectivity index (χ4n) is 2.40. The lowest BCUT2D eigenvalue weighted by molar-refractivity contribution is 0.355. The Balaban J connectivity index is 2.09. The largest absolute Gasteiger partial charge is 0.497 e. The van der Waals surface area contributed by atoms with Crippen LogP contribution in [0.4, 0.5) is 0 Å². The van der Waals surface area contributed by atoms with Crippen molar-refractivity contribution in [2.45, 2.75) is 0 Å². The smallest absolute Gasteiger partial charge is 0.161 e. The lowest BCUT2D eigenvalue weighted by Crippen LogP contribution is -1.92. The normalized spacial score (nSPS) is 10.5. The van der Waals surface area contributed by atoms with Crippen molar-refractivity contribution in [2.24, 2.45) is 0 Å². The van der Waals surface area contributed by atoms with Gasteiger partial charge in [0.25, 0.3) is 0 Å². The number of pyridine rings is 1. The van der Waals surface area contributed by atoms with E-state index in [0.29, 0.717) is 11.5 Å². The third-order valence-electron chi connectivity index (χ3n) is 3.61. The SMILES string of the molecule is COc1ccc2cnc(-c3ccc(OC)c(OC)c3)cc2c1. The van der Waals surface area contributed by atoms with E-state index in [1.807, 2.05) is 48.7 Å². The van der Waals surface area contributed by atoms with Gasteiger partial charge in [0.05, 0.1) is 27.0 Å². The number of hydrogen-bond acceptors (Lipinski definition) is 4. The number of nitrogens with zero attached hydrogens (tertiary/aromatic N) is 1. The van der Waals surface area contributed by atoms with Gasteiger partial charge in [-0.15, -0.1) is 0 Å². The highest BCUT2D eigenvalue weighted by atomic mass is 16.5. The minimum atomic E-state index is 0.688. The van der Waals surface area contributed by atoms with Crippen LogP contribution in [0.25, 0.3) is 22.0 Å². The molecule has 4 heteroatoms. The summed E-state index contributed by atoms with van der Waals surface area (Å²) >= 11 is 0. The Hall–Kier alpha value is -2.75. The van der Waals surface area contributed by atoms with E-state index >= 15 is 0 Å². The molecule has 1 heterocycles. The summed E-state index contributed by atoms with van der Waals surface area (Å²) in [5.41, 5.74) is 1.85. The van der Waals surface area contributed by atoms with Crippen molar-refractivity contribution in [2.75, 3.05) is 21.3 Å². The highest BCUT2D eigenvalue weighted by Crippen LogP contribution is 2.32. The molecule has 1 aromatic heterocycles. The summed E-state index contributed by atoms with van der Waals surface area (Å²) in [5.74, 6) is 2.22. The van der Waals surface area contributed by atoms with Crippen LogP contribution >= 0.6 is 0 Å². The van der Waals surface area contributed by atoms with E-state index in [4.69, 9.17) is 14.2 Å². The fourth-order valence-corrected chi connectivity index (χ4v) is 2.40. The van der Waals surface area contributed by atoms with Gasteiger partial charge < -0.3 is 14.2 Å². The summed E-state index contributed by atoms with van der Waals surface area (Å²) in [6.45, 7) is 0. The van der Waals surface area contributed by atoms with Crippen molar-refractivity contribution >= 4 is 10.8 Å². The van der Waals surface area contributed by atoms with Gasteiger partial charge in [-0.3, -0.25) is 4.98 Å². The van der Waals surface area contributed by atoms with Gasteiger partial charge in [-0.2, -0.15) is 0 Å². The van der Waals surface area contributed by atoms with Gasteiger partial charge in [0.1, 0.15) is 5.75 Å². The molecule has 0 aliphatic heterocycles. The van der Waals surface area contributed by atoms with Crippen LogP contribution in [0.1, 0.15) is 0 Å². The number of fused-ring (bicyclic) bond motifs is 1. The minimum Gasteiger partial charge on any atom is -0.497 e. The number of ether oxygens (including phenoxy) is 3. The van der Waals surface area contributed by atoms with Gasteiger partial charge in [-0.25, -0.2) is 0 Å². The molecule has 0 amide bonds. The fraction of sp³-hybridized carbons (Fsp3) is 0.167. The molecule has 22 heavy (non-hydrogen) atoms. The van der Waals surface area contributed by atoms with Crippen molar-refractivity contribution in [3.05, 3.63) is 48.7 Å². The zero-order valence-corrected chi connectivity index (χ0v) is 12.8. The molecule has 3 rings (SSSR count). The molecule has 0 fully saturated rings. The Morgan fingerprint density at radius 2 is 1.55 bits per heavy atom. The standard InChI is InChI=1S/C18H17NO3/c1-20-15-6-4-13-11-19-16(9-14(13)8-15)12-5-7-17(21-2)18(10-12)22-3/h4-11H,1-3H3. The minimum absolute atomic E-state index is 0.688. The zero-order valence-electron chi connectivity index (χ0n) is 12.8. The Labute approximate surface area is 129 Å². The quantitative estimate of drug-likeness (QED) is 0.731. The molecule has 3 aromatic rings. The van der Waals surface area contributed by atoms with Gasteiger partial charge in [-0.05, 0) is 47.9 Å². The Morgan fingerprint density at radius 3 is 2.27 bits per heavy atom. The van der Waals surface area contributed by atoms with Crippen molar-refractivity contribution < 1.29 is 14.2 Å². The lowest BCUT2D eigenvalue weighted by atomic mass is 10.1. The van der Waals surface area contributed by atoms with Gasteiger partial charge in [0, 0.05) is 17.1 Å². The average molecular weight is 295 g/mol. The number of benzene rings is 2. The van der Waals surface area contributed by atoms with E-state index in [1.54, 1.807) is 21.3 Å². The van der Waals surface area contributed by atoms with Gasteiger partial charge in [-0.1, -0.05) is 0 Å². The molecule has 2 aromatic carbocycles. The molecule has 0 atom stereocenters. The monoisotopic (exact) mass is 295 g/mol. The van der Waals surface area contributed by atoms with Crippen LogP contribution in [-0.2, 0) is 0 Å². The maximum absolute atomic E-state index is 5.35. The first kappa shape index (κ1) is 14.2. The Kier molecular flexibility index (Phi) is 3.83. The van der Waals surface area contributed by atoms with E-state index in [9.17, 15) is 0 Å². The van der Waals surface area contributed by atoms with Crippen molar-refractivity contribution in [3.8, 4) is 28.5 Å². The zero-order chi connectivity index (χ0) is 15.5. The highest BCUT2D eigenvalue weighted by molar-refractivity contribution is 5.86. The first-order chi connectivity index (χ1) is 10.7. The molecule has 0 spiro atoms. The maximum Gasteiger partial charge on any atom is 0.161 e. The molecule has 0 aliphatic rings. The number of methoxy groups -OCH3 is 3. The third kappa shape index (κ3) is 2.55. The maximum atomic E-state index is 5.35. The molecule has 0 unspecified atom stereocenters. The third-order valence-corrected chi connectivity index (χ3v) is 3.61. The average Bonchev–Trinajstić information content (AvgIpc) is 2.60. The summed E-state index contributed by atoms with van der Waals surface area (Å²) in [6, 6.07) is 13.7. The number of rotatable bonds is 4. The highest BCUT2D eigenvalue weighted by Gasteiger charge is 2.08. The predicted molar refractivity (Wildman–Crippen MR) is 86.8 cm³/mol. The Bertz CT molecular complexity index is 815. The molecular formula is C18H17NO3. The Morgan fingerprint density at radius 1 is 0.727 bits per heavy atom. The molecule has 0 radical (unpaired) electrons. The van der Waals surface area contributed by atoms with Gasteiger partial charge >= 0.3 is 0 Å². The van der Waals surface area contributed by atoms with Crippen molar-refractivity contribution in [3.63, 3.8) is 0 Å². The van der Waals surface area contributed by atoms with Crippen LogP contribution in [0.15, 0.2) is 48.7 Å². The first-order valence-electron chi connectivity index (χ1n) is 6.91. The van der Waals surface area contributed by atoms with Crippen molar-refractivity contribution in [1.82, 2.24) is 4.98 Å². The molecule has 112 valence electrons. The second kappa shape index (κ2) is 5.93. The van der Waals surface area contributed by atoms with Gasteiger partial charge in [0.2, 0.25) is 0 Å². The summed E-state index contributed by atoms with van der Waals surface area (Å²) < 4.78 is 15.9. The summed E-state index contributed by atoms with van der Waals surface area (Å²) in [4.78, 5) is 4.53. The first-order valence-corrected chi connectivity index (χ1v) is 6.91. The van der Waals surface area contributed by atoms with E-state index in [0.717, 1.165) is 27.8 Å². The second-order valence-electron chi connectivity index (χ2n) is 4.85. The number of hydrogen-bond donors (Lipinski definition) is 0. The van der Waals surface area contributed by atoms with Crippen LogP contribution in [0.3, 0.4) is 0 Å². The molecule has 0 N–H and O–H groups in total. The summed E-state index contributed by atoms with van der Waals surface area (Å²) in [7, 11) is 4.91. The molecule has 0 saturated heterocycles. The number of aromatic nitrogens is 1. The molecule has 0 aliphatic carbocycles. The van der Waals surface area contributed by atoms with Gasteiger partial charge in [0.15, 0.2) is 11.5 Å². The van der Waals surface area contributed by atoms with Crippen LogP contribution in [0.5, 0.6) is 17.2 Å². The molecular weight excluding hydrogens is 278 g/mol. The lowest BCUT2D eigenvalue weighted by Gasteiger charge is -2.10. The van der Waals surface area contributed by atoms with E-state index in [1.165, 1.54) is 0 Å². The van der Waals surface area contributed by atoms with Crippen LogP contribution < -0.4 is 14.2 Å². The summed E-state index contributed by atoms with van der Waals surface area (Å²) in [5, 5.41) is 2.16. The molecule has 4 nitrogen and oxygen atoms in total. The molecule has 0 bridgehead atoms. The predicted octanol–water partition coefficient (Wildman–Crippen LogP) is 3.93. The topological polar surface area (TPSA) is 40.6 Å². The molecule has 0 saturated carbocycles. The summed E-state index contributed by atoms with van der Waals surface area (Å²) in [6.07, 6.45) is 1.86. The van der Waals surface area contributed by atoms with E-state index in [2.05, 4.69) is 4.98 Å².